The molecule has 1 unspecified atom stereocenters. The molecule has 0 bridgehead atoms. The Bertz CT molecular complexity index is 387. The fourth-order valence-electron chi connectivity index (χ4n) is 2.08. The lowest BCUT2D eigenvalue weighted by Gasteiger charge is -2.24. The summed E-state index contributed by atoms with van der Waals surface area (Å²) in [5.41, 5.74) is 0. The quantitative estimate of drug-likeness (QED) is 0.821. The molecule has 0 aromatic carbocycles. The molecule has 0 spiro atoms. The Labute approximate surface area is 113 Å². The second-order valence-electron chi connectivity index (χ2n) is 4.37. The Morgan fingerprint density at radius 1 is 1.42 bits per heavy atom. The van der Waals surface area contributed by atoms with Gasteiger partial charge in [0.2, 0.25) is 11.9 Å². The minimum atomic E-state index is 0.265. The summed E-state index contributed by atoms with van der Waals surface area (Å²) in [5.74, 6) is 1.13. The first-order valence-electron chi connectivity index (χ1n) is 6.61. The van der Waals surface area contributed by atoms with Crippen LogP contribution in [0.15, 0.2) is 0 Å². The number of aromatic nitrogens is 3. The third kappa shape index (κ3) is 3.44. The van der Waals surface area contributed by atoms with E-state index in [0.29, 0.717) is 17.9 Å². The van der Waals surface area contributed by atoms with E-state index in [1.54, 1.807) is 14.2 Å². The average molecular weight is 267 g/mol. The van der Waals surface area contributed by atoms with Crippen molar-refractivity contribution >= 4 is 11.9 Å². The van der Waals surface area contributed by atoms with Gasteiger partial charge >= 0.3 is 6.01 Å². The molecule has 1 aromatic rings. The van der Waals surface area contributed by atoms with Gasteiger partial charge in [-0.2, -0.15) is 15.0 Å². The highest BCUT2D eigenvalue weighted by Gasteiger charge is 2.21. The van der Waals surface area contributed by atoms with Gasteiger partial charge in [0.25, 0.3) is 0 Å². The van der Waals surface area contributed by atoms with Gasteiger partial charge in [0.1, 0.15) is 0 Å². The van der Waals surface area contributed by atoms with E-state index < -0.39 is 0 Å². The molecule has 1 aromatic heterocycles. The number of nitrogens with zero attached hydrogens (tertiary/aromatic N) is 4. The molecule has 1 fully saturated rings. The lowest BCUT2D eigenvalue weighted by Crippen LogP contribution is -2.33. The highest BCUT2D eigenvalue weighted by molar-refractivity contribution is 5.38. The van der Waals surface area contributed by atoms with Crippen LogP contribution in [0.4, 0.5) is 11.9 Å². The van der Waals surface area contributed by atoms with Gasteiger partial charge in [-0.05, 0) is 19.8 Å². The normalized spacial score (nSPS) is 18.4. The maximum absolute atomic E-state index is 5.66. The summed E-state index contributed by atoms with van der Waals surface area (Å²) in [6, 6.07) is 0.320. The summed E-state index contributed by atoms with van der Waals surface area (Å²) in [7, 11) is 3.32. The number of hydrogen-bond acceptors (Lipinski definition) is 7. The number of likely N-dealkylation sites (N-methyl/N-ethyl adjacent to an activating group) is 1. The number of ether oxygens (including phenoxy) is 2. The summed E-state index contributed by atoms with van der Waals surface area (Å²) < 4.78 is 10.8. The second-order valence-corrected chi connectivity index (χ2v) is 4.37. The van der Waals surface area contributed by atoms with Crippen molar-refractivity contribution in [3.05, 3.63) is 0 Å². The Hall–Kier alpha value is -1.63. The van der Waals surface area contributed by atoms with Crippen LogP contribution in [0, 0.1) is 0 Å². The predicted molar refractivity (Wildman–Crippen MR) is 72.8 cm³/mol. The minimum absolute atomic E-state index is 0.265. The molecule has 0 aliphatic carbocycles. The van der Waals surface area contributed by atoms with Gasteiger partial charge in [-0.1, -0.05) is 0 Å². The van der Waals surface area contributed by atoms with Crippen molar-refractivity contribution in [3.8, 4) is 6.01 Å². The van der Waals surface area contributed by atoms with E-state index in [-0.39, 0.29) is 6.10 Å². The van der Waals surface area contributed by atoms with Crippen LogP contribution in [0.2, 0.25) is 0 Å². The minimum Gasteiger partial charge on any atom is -0.467 e. The molecule has 1 aliphatic rings. The zero-order valence-electron chi connectivity index (χ0n) is 11.7. The Balaban J connectivity index is 2.15. The van der Waals surface area contributed by atoms with Crippen LogP contribution in [-0.4, -0.2) is 54.9 Å². The monoisotopic (exact) mass is 267 g/mol. The number of hydrogen-bond donors (Lipinski definition) is 1. The van der Waals surface area contributed by atoms with Crippen LogP contribution in [0.25, 0.3) is 0 Å². The molecule has 1 aliphatic heterocycles. The van der Waals surface area contributed by atoms with E-state index in [2.05, 4.69) is 32.1 Å². The van der Waals surface area contributed by atoms with Crippen molar-refractivity contribution in [2.24, 2.45) is 0 Å². The van der Waals surface area contributed by atoms with Crippen molar-refractivity contribution in [1.29, 1.82) is 0 Å². The Morgan fingerprint density at radius 2 is 2.26 bits per heavy atom. The van der Waals surface area contributed by atoms with Gasteiger partial charge in [-0.15, -0.1) is 0 Å². The van der Waals surface area contributed by atoms with Gasteiger partial charge in [-0.3, -0.25) is 0 Å². The van der Waals surface area contributed by atoms with E-state index in [1.165, 1.54) is 0 Å². The summed E-state index contributed by atoms with van der Waals surface area (Å²) in [6.45, 7) is 4.54. The van der Waals surface area contributed by atoms with Gasteiger partial charge in [0.15, 0.2) is 0 Å². The molecule has 7 heteroatoms. The Kier molecular flexibility index (Phi) is 4.73. The van der Waals surface area contributed by atoms with Gasteiger partial charge in [0.05, 0.1) is 13.2 Å². The summed E-state index contributed by atoms with van der Waals surface area (Å²) in [6.07, 6.45) is 2.49. The first-order valence-corrected chi connectivity index (χ1v) is 6.61. The van der Waals surface area contributed by atoms with E-state index in [9.17, 15) is 0 Å². The third-order valence-electron chi connectivity index (χ3n) is 3.12. The topological polar surface area (TPSA) is 72.4 Å². The first-order chi connectivity index (χ1) is 9.26. The molecule has 7 nitrogen and oxygen atoms in total. The number of anilines is 2. The molecule has 2 rings (SSSR count). The maximum Gasteiger partial charge on any atom is 0.322 e. The molecule has 0 amide bonds. The molecule has 19 heavy (non-hydrogen) atoms. The van der Waals surface area contributed by atoms with Crippen molar-refractivity contribution in [2.75, 3.05) is 44.1 Å². The SMILES string of the molecule is CCN(CC1CCCO1)c1nc(NC)nc(OC)n1. The molecule has 1 N–H and O–H groups in total. The largest absolute Gasteiger partial charge is 0.467 e. The summed E-state index contributed by atoms with van der Waals surface area (Å²) in [5, 5.41) is 2.91. The number of rotatable bonds is 6. The van der Waals surface area contributed by atoms with Crippen LogP contribution in [0.3, 0.4) is 0 Å². The second kappa shape index (κ2) is 6.51. The van der Waals surface area contributed by atoms with Crippen LogP contribution < -0.4 is 15.0 Å². The highest BCUT2D eigenvalue weighted by Crippen LogP contribution is 2.18. The van der Waals surface area contributed by atoms with Crippen LogP contribution in [0.1, 0.15) is 19.8 Å². The van der Waals surface area contributed by atoms with Crippen molar-refractivity contribution in [3.63, 3.8) is 0 Å². The molecule has 1 saturated heterocycles. The molecule has 1 atom stereocenters. The van der Waals surface area contributed by atoms with Gasteiger partial charge in [-0.25, -0.2) is 0 Å². The van der Waals surface area contributed by atoms with E-state index in [4.69, 9.17) is 9.47 Å². The van der Waals surface area contributed by atoms with Crippen molar-refractivity contribution < 1.29 is 9.47 Å². The third-order valence-corrected chi connectivity index (χ3v) is 3.12. The van der Waals surface area contributed by atoms with Gasteiger partial charge in [0, 0.05) is 26.7 Å². The summed E-state index contributed by atoms with van der Waals surface area (Å²) >= 11 is 0. The maximum atomic E-state index is 5.66. The zero-order chi connectivity index (χ0) is 13.7. The van der Waals surface area contributed by atoms with Crippen LogP contribution in [0.5, 0.6) is 6.01 Å². The molecular weight excluding hydrogens is 246 g/mol. The molecule has 0 saturated carbocycles. The van der Waals surface area contributed by atoms with Crippen LogP contribution in [-0.2, 0) is 4.74 Å². The van der Waals surface area contributed by atoms with E-state index in [0.717, 1.165) is 32.5 Å². The Morgan fingerprint density at radius 3 is 2.84 bits per heavy atom. The fourth-order valence-corrected chi connectivity index (χ4v) is 2.08. The zero-order valence-corrected chi connectivity index (χ0v) is 11.7. The molecule has 2 heterocycles. The smallest absolute Gasteiger partial charge is 0.322 e. The van der Waals surface area contributed by atoms with Crippen molar-refractivity contribution in [1.82, 2.24) is 15.0 Å². The molecular formula is C12H21N5O2. The first kappa shape index (κ1) is 13.8. The predicted octanol–water partition coefficient (Wildman–Crippen LogP) is 0.927. The van der Waals surface area contributed by atoms with Crippen molar-refractivity contribution in [2.45, 2.75) is 25.9 Å². The molecule has 0 radical (unpaired) electrons. The summed E-state index contributed by atoms with van der Waals surface area (Å²) in [4.78, 5) is 14.9. The van der Waals surface area contributed by atoms with Crippen LogP contribution >= 0.6 is 0 Å². The lowest BCUT2D eigenvalue weighted by atomic mass is 10.2. The standard InChI is InChI=1S/C12H21N5O2/c1-4-17(8-9-6-5-7-19-9)11-14-10(13-2)15-12(16-11)18-3/h9H,4-8H2,1-3H3,(H,13,14,15,16). The van der Waals surface area contributed by atoms with E-state index >= 15 is 0 Å². The average Bonchev–Trinajstić information content (AvgIpc) is 2.97. The molecule has 106 valence electrons. The number of methoxy groups -OCH3 is 1. The van der Waals surface area contributed by atoms with E-state index in [1.807, 2.05) is 0 Å². The highest BCUT2D eigenvalue weighted by atomic mass is 16.5. The lowest BCUT2D eigenvalue weighted by molar-refractivity contribution is 0.115. The fraction of sp³-hybridized carbons (Fsp3) is 0.750. The number of nitrogens with one attached hydrogen (secondary N) is 1. The van der Waals surface area contributed by atoms with Gasteiger partial charge < -0.3 is 19.7 Å².